The zero-order valence-corrected chi connectivity index (χ0v) is 11.0. The monoisotopic (exact) mass is 263 g/mol. The minimum absolute atomic E-state index is 0.315. The quantitative estimate of drug-likeness (QED) is 0.617. The Morgan fingerprint density at radius 3 is 2.21 bits per heavy atom. The van der Waals surface area contributed by atoms with Crippen molar-refractivity contribution in [1.29, 1.82) is 5.26 Å². The van der Waals surface area contributed by atoms with Gasteiger partial charge in [0.2, 0.25) is 0 Å². The number of nitrogens with zero attached hydrogens (tertiary/aromatic N) is 3. The van der Waals surface area contributed by atoms with Gasteiger partial charge in [-0.3, -0.25) is 14.5 Å². The maximum absolute atomic E-state index is 12.4. The summed E-state index contributed by atoms with van der Waals surface area (Å²) < 4.78 is 5.39. The van der Waals surface area contributed by atoms with Gasteiger partial charge in [0.05, 0.1) is 6.07 Å². The lowest BCUT2D eigenvalue weighted by Crippen LogP contribution is -2.64. The van der Waals surface area contributed by atoms with Gasteiger partial charge in [0.1, 0.15) is 17.7 Å². The predicted octanol–water partition coefficient (Wildman–Crippen LogP) is -0.109. The van der Waals surface area contributed by atoms with Crippen LogP contribution in [0.2, 0.25) is 0 Å². The summed E-state index contributed by atoms with van der Waals surface area (Å²) in [7, 11) is 1.98. The van der Waals surface area contributed by atoms with E-state index < -0.39 is 17.7 Å². The van der Waals surface area contributed by atoms with Crippen molar-refractivity contribution in [2.75, 3.05) is 20.1 Å². The molecule has 6 nitrogen and oxygen atoms in total. The summed E-state index contributed by atoms with van der Waals surface area (Å²) >= 11 is 0. The molecule has 2 bridgehead atoms. The summed E-state index contributed by atoms with van der Waals surface area (Å²) in [6, 6.07) is 2.24. The fraction of sp³-hybridized carbons (Fsp3) is 0.769. The largest absolute Gasteiger partial charge is 0.355 e. The van der Waals surface area contributed by atoms with Gasteiger partial charge in [-0.25, -0.2) is 0 Å². The molecule has 0 spiro atoms. The van der Waals surface area contributed by atoms with Crippen LogP contribution in [0.3, 0.4) is 0 Å². The molecule has 0 radical (unpaired) electrons. The topological polar surface area (TPSA) is 73.6 Å². The van der Waals surface area contributed by atoms with Crippen LogP contribution in [0.15, 0.2) is 0 Å². The fourth-order valence-corrected chi connectivity index (χ4v) is 3.19. The lowest BCUT2D eigenvalue weighted by atomic mass is 9.86. The number of morpholine rings is 1. The smallest absolute Gasteiger partial charge is 0.259 e. The van der Waals surface area contributed by atoms with Gasteiger partial charge in [0.25, 0.3) is 11.8 Å². The van der Waals surface area contributed by atoms with E-state index in [1.165, 1.54) is 4.90 Å². The molecule has 3 heterocycles. The van der Waals surface area contributed by atoms with Crippen molar-refractivity contribution in [3.63, 3.8) is 0 Å². The molecule has 2 unspecified atom stereocenters. The first-order valence-corrected chi connectivity index (χ1v) is 6.70. The summed E-state index contributed by atoms with van der Waals surface area (Å²) in [5.74, 6) is -0.630. The number of carbonyl (C=O) groups excluding carboxylic acids is 2. The molecule has 102 valence electrons. The van der Waals surface area contributed by atoms with Crippen molar-refractivity contribution in [2.24, 2.45) is 0 Å². The third-order valence-electron chi connectivity index (χ3n) is 4.46. The van der Waals surface area contributed by atoms with Crippen LogP contribution in [-0.2, 0) is 14.3 Å². The molecule has 19 heavy (non-hydrogen) atoms. The number of imide groups is 1. The van der Waals surface area contributed by atoms with Crippen molar-refractivity contribution in [2.45, 2.75) is 43.4 Å². The summed E-state index contributed by atoms with van der Waals surface area (Å²) in [6.07, 6.45) is 1.19. The lowest BCUT2D eigenvalue weighted by molar-refractivity contribution is -0.176. The molecule has 0 aliphatic carbocycles. The highest BCUT2D eigenvalue weighted by Crippen LogP contribution is 2.36. The number of piperidine rings is 1. The van der Waals surface area contributed by atoms with Crippen molar-refractivity contribution in [3.8, 4) is 6.07 Å². The van der Waals surface area contributed by atoms with Gasteiger partial charge in [-0.1, -0.05) is 0 Å². The SMILES string of the molecule is CN1CCC(C#N)(N2C(=O)C3CCC(O3)C2=O)CC1. The predicted molar refractivity (Wildman–Crippen MR) is 64.8 cm³/mol. The summed E-state index contributed by atoms with van der Waals surface area (Å²) in [5.41, 5.74) is -0.967. The third kappa shape index (κ3) is 1.77. The van der Waals surface area contributed by atoms with E-state index in [2.05, 4.69) is 11.0 Å². The maximum atomic E-state index is 12.4. The number of carbonyl (C=O) groups is 2. The van der Waals surface area contributed by atoms with Crippen LogP contribution < -0.4 is 0 Å². The Morgan fingerprint density at radius 1 is 1.21 bits per heavy atom. The molecule has 0 aromatic heterocycles. The van der Waals surface area contributed by atoms with E-state index in [9.17, 15) is 14.9 Å². The minimum Gasteiger partial charge on any atom is -0.355 e. The van der Waals surface area contributed by atoms with Gasteiger partial charge in [-0.2, -0.15) is 5.26 Å². The Bertz CT molecular complexity index is 440. The zero-order chi connectivity index (χ0) is 13.6. The summed E-state index contributed by atoms with van der Waals surface area (Å²) in [5, 5.41) is 9.55. The average molecular weight is 263 g/mol. The van der Waals surface area contributed by atoms with Crippen LogP contribution in [0.1, 0.15) is 25.7 Å². The van der Waals surface area contributed by atoms with Crippen LogP contribution in [0.4, 0.5) is 0 Å². The van der Waals surface area contributed by atoms with Gasteiger partial charge in [0.15, 0.2) is 0 Å². The first-order chi connectivity index (χ1) is 9.07. The Kier molecular flexibility index (Phi) is 2.84. The number of hydrogen-bond donors (Lipinski definition) is 0. The highest BCUT2D eigenvalue weighted by molar-refractivity contribution is 6.03. The first kappa shape index (κ1) is 12.6. The number of ether oxygens (including phenoxy) is 1. The van der Waals surface area contributed by atoms with E-state index in [-0.39, 0.29) is 11.8 Å². The molecule has 0 N–H and O–H groups in total. The zero-order valence-electron chi connectivity index (χ0n) is 11.0. The highest BCUT2D eigenvalue weighted by atomic mass is 16.5. The third-order valence-corrected chi connectivity index (χ3v) is 4.46. The Morgan fingerprint density at radius 2 is 1.74 bits per heavy atom. The highest BCUT2D eigenvalue weighted by Gasteiger charge is 2.55. The van der Waals surface area contributed by atoms with E-state index in [1.807, 2.05) is 7.05 Å². The van der Waals surface area contributed by atoms with E-state index >= 15 is 0 Å². The van der Waals surface area contributed by atoms with Crippen LogP contribution in [0, 0.1) is 11.3 Å². The second-order valence-corrected chi connectivity index (χ2v) is 5.65. The van der Waals surface area contributed by atoms with Crippen molar-refractivity contribution >= 4 is 11.8 Å². The lowest BCUT2D eigenvalue weighted by Gasteiger charge is -2.45. The molecule has 0 aromatic carbocycles. The van der Waals surface area contributed by atoms with Crippen LogP contribution in [0.25, 0.3) is 0 Å². The second-order valence-electron chi connectivity index (χ2n) is 5.65. The minimum atomic E-state index is -0.967. The van der Waals surface area contributed by atoms with Gasteiger partial charge in [-0.15, -0.1) is 0 Å². The van der Waals surface area contributed by atoms with Gasteiger partial charge in [0, 0.05) is 13.1 Å². The van der Waals surface area contributed by atoms with E-state index in [4.69, 9.17) is 4.74 Å². The molecule has 3 aliphatic rings. The Hall–Kier alpha value is -1.45. The fourth-order valence-electron chi connectivity index (χ4n) is 3.19. The summed E-state index contributed by atoms with van der Waals surface area (Å²) in [6.45, 7) is 1.45. The van der Waals surface area contributed by atoms with E-state index in [0.29, 0.717) is 25.7 Å². The number of likely N-dealkylation sites (tertiary alicyclic amines) is 2. The van der Waals surface area contributed by atoms with Crippen LogP contribution >= 0.6 is 0 Å². The van der Waals surface area contributed by atoms with Gasteiger partial charge < -0.3 is 9.64 Å². The maximum Gasteiger partial charge on any atom is 0.259 e. The van der Waals surface area contributed by atoms with E-state index in [1.54, 1.807) is 0 Å². The van der Waals surface area contributed by atoms with Gasteiger partial charge >= 0.3 is 0 Å². The molecular formula is C13H17N3O3. The molecular weight excluding hydrogens is 246 g/mol. The number of hydrogen-bond acceptors (Lipinski definition) is 5. The van der Waals surface area contributed by atoms with Crippen LogP contribution in [0.5, 0.6) is 0 Å². The molecule has 2 amide bonds. The number of nitriles is 1. The van der Waals surface area contributed by atoms with Crippen molar-refractivity contribution in [3.05, 3.63) is 0 Å². The molecule has 3 fully saturated rings. The molecule has 0 saturated carbocycles. The van der Waals surface area contributed by atoms with Crippen LogP contribution in [-0.4, -0.2) is 59.5 Å². The Balaban J connectivity index is 1.93. The average Bonchev–Trinajstić information content (AvgIpc) is 2.86. The number of fused-ring (bicyclic) bond motifs is 2. The number of amides is 2. The summed E-state index contributed by atoms with van der Waals surface area (Å²) in [4.78, 5) is 28.0. The normalized spacial score (nSPS) is 34.4. The van der Waals surface area contributed by atoms with Crippen molar-refractivity contribution in [1.82, 2.24) is 9.80 Å². The second kappa shape index (κ2) is 4.29. The molecule has 3 aliphatic heterocycles. The standard InChI is InChI=1S/C13H17N3O3/c1-15-6-4-13(8-14,5-7-15)16-11(17)9-2-3-10(19-9)12(16)18/h9-10H,2-7H2,1H3. The molecule has 3 saturated heterocycles. The molecule has 3 rings (SSSR count). The molecule has 2 atom stereocenters. The van der Waals surface area contributed by atoms with Gasteiger partial charge in [-0.05, 0) is 32.7 Å². The number of rotatable bonds is 1. The Labute approximate surface area is 111 Å². The molecule has 0 aromatic rings. The van der Waals surface area contributed by atoms with Crippen molar-refractivity contribution < 1.29 is 14.3 Å². The molecule has 6 heteroatoms. The first-order valence-electron chi connectivity index (χ1n) is 6.70. The van der Waals surface area contributed by atoms with E-state index in [0.717, 1.165) is 13.1 Å².